The minimum Gasteiger partial charge on any atom is -0.497 e. The van der Waals surface area contributed by atoms with Crippen molar-refractivity contribution in [1.82, 2.24) is 4.98 Å². The van der Waals surface area contributed by atoms with Crippen LogP contribution in [-0.2, 0) is 5.75 Å². The topological polar surface area (TPSA) is 61.3 Å². The van der Waals surface area contributed by atoms with Crippen LogP contribution in [0.2, 0.25) is 0 Å². The van der Waals surface area contributed by atoms with E-state index >= 15 is 0 Å². The third kappa shape index (κ3) is 2.72. The maximum atomic E-state index is 5.73. The largest absolute Gasteiger partial charge is 0.497 e. The van der Waals surface area contributed by atoms with Gasteiger partial charge in [0.1, 0.15) is 11.3 Å². The Morgan fingerprint density at radius 3 is 2.75 bits per heavy atom. The van der Waals surface area contributed by atoms with Crippen molar-refractivity contribution in [2.45, 2.75) is 11.0 Å². The van der Waals surface area contributed by atoms with Crippen molar-refractivity contribution in [3.63, 3.8) is 0 Å². The molecule has 0 saturated heterocycles. The van der Waals surface area contributed by atoms with Gasteiger partial charge in [-0.3, -0.25) is 0 Å². The highest BCUT2D eigenvalue weighted by molar-refractivity contribution is 7.98. The Bertz CT molecular complexity index is 722. The summed E-state index contributed by atoms with van der Waals surface area (Å²) < 4.78 is 10.8. The molecular formula is C15H14N2O2S. The number of benzene rings is 2. The summed E-state index contributed by atoms with van der Waals surface area (Å²) in [5.41, 5.74) is 9.16. The lowest BCUT2D eigenvalue weighted by Crippen LogP contribution is -1.84. The van der Waals surface area contributed by atoms with Gasteiger partial charge in [-0.15, -0.1) is 0 Å². The Hall–Kier alpha value is -2.14. The van der Waals surface area contributed by atoms with E-state index in [2.05, 4.69) is 4.98 Å². The van der Waals surface area contributed by atoms with Crippen molar-refractivity contribution in [3.8, 4) is 5.75 Å². The van der Waals surface area contributed by atoms with Crippen molar-refractivity contribution in [1.29, 1.82) is 0 Å². The number of methoxy groups -OCH3 is 1. The number of nitrogens with two attached hydrogens (primary N) is 1. The van der Waals surface area contributed by atoms with Gasteiger partial charge in [-0.1, -0.05) is 23.9 Å². The van der Waals surface area contributed by atoms with Gasteiger partial charge in [0.15, 0.2) is 5.58 Å². The lowest BCUT2D eigenvalue weighted by atomic mass is 10.2. The van der Waals surface area contributed by atoms with E-state index in [9.17, 15) is 0 Å². The summed E-state index contributed by atoms with van der Waals surface area (Å²) in [6.45, 7) is 0. The molecule has 2 aromatic carbocycles. The Morgan fingerprint density at radius 2 is 2.00 bits per heavy atom. The minimum atomic E-state index is 0.654. The number of hydrogen-bond acceptors (Lipinski definition) is 5. The predicted molar refractivity (Wildman–Crippen MR) is 81.0 cm³/mol. The molecule has 0 bridgehead atoms. The average molecular weight is 286 g/mol. The zero-order chi connectivity index (χ0) is 13.9. The summed E-state index contributed by atoms with van der Waals surface area (Å²) in [5, 5.41) is 0.654. The van der Waals surface area contributed by atoms with Gasteiger partial charge in [0, 0.05) is 11.4 Å². The van der Waals surface area contributed by atoms with Crippen LogP contribution in [0.5, 0.6) is 5.75 Å². The number of anilines is 1. The zero-order valence-corrected chi connectivity index (χ0v) is 11.8. The standard InChI is InChI=1S/C15H14N2O2S/c1-18-12-5-2-10(3-6-12)9-20-15-17-13-8-11(16)4-7-14(13)19-15/h2-8H,9,16H2,1H3. The summed E-state index contributed by atoms with van der Waals surface area (Å²) in [6, 6.07) is 13.4. The van der Waals surface area contributed by atoms with Crippen LogP contribution in [0.1, 0.15) is 5.56 Å². The van der Waals surface area contributed by atoms with Crippen molar-refractivity contribution in [2.24, 2.45) is 0 Å². The molecule has 0 amide bonds. The van der Waals surface area contributed by atoms with Crippen molar-refractivity contribution in [3.05, 3.63) is 48.0 Å². The fraction of sp³-hybridized carbons (Fsp3) is 0.133. The molecule has 0 aliphatic rings. The lowest BCUT2D eigenvalue weighted by Gasteiger charge is -2.01. The highest BCUT2D eigenvalue weighted by Crippen LogP contribution is 2.27. The minimum absolute atomic E-state index is 0.654. The zero-order valence-electron chi connectivity index (χ0n) is 11.0. The molecule has 2 N–H and O–H groups in total. The number of hydrogen-bond donors (Lipinski definition) is 1. The van der Waals surface area contributed by atoms with E-state index in [0.29, 0.717) is 10.9 Å². The molecule has 0 saturated carbocycles. The Labute approximate surface area is 120 Å². The van der Waals surface area contributed by atoms with Gasteiger partial charge < -0.3 is 14.9 Å². The van der Waals surface area contributed by atoms with Crippen LogP contribution in [-0.4, -0.2) is 12.1 Å². The Kier molecular flexibility index (Phi) is 3.52. The molecule has 0 unspecified atom stereocenters. The number of thioether (sulfide) groups is 1. The molecule has 1 heterocycles. The molecule has 5 heteroatoms. The lowest BCUT2D eigenvalue weighted by molar-refractivity contribution is 0.414. The number of nitrogen functional groups attached to an aromatic ring is 1. The monoisotopic (exact) mass is 286 g/mol. The van der Waals surface area contributed by atoms with Crippen LogP contribution in [0.3, 0.4) is 0 Å². The quantitative estimate of drug-likeness (QED) is 0.585. The fourth-order valence-electron chi connectivity index (χ4n) is 1.85. The molecule has 0 radical (unpaired) electrons. The van der Waals surface area contributed by atoms with Gasteiger partial charge in [-0.25, -0.2) is 4.98 Å². The second-order valence-electron chi connectivity index (χ2n) is 4.34. The molecule has 4 nitrogen and oxygen atoms in total. The number of nitrogens with zero attached hydrogens (tertiary/aromatic N) is 1. The first kappa shape index (κ1) is 12.9. The first-order valence-electron chi connectivity index (χ1n) is 6.16. The molecule has 3 aromatic rings. The van der Waals surface area contributed by atoms with E-state index < -0.39 is 0 Å². The summed E-state index contributed by atoms with van der Waals surface area (Å²) in [4.78, 5) is 4.41. The van der Waals surface area contributed by atoms with E-state index in [1.165, 1.54) is 5.56 Å². The van der Waals surface area contributed by atoms with Gasteiger partial charge >= 0.3 is 0 Å². The van der Waals surface area contributed by atoms with Crippen molar-refractivity contribution >= 4 is 28.5 Å². The summed E-state index contributed by atoms with van der Waals surface area (Å²) in [7, 11) is 1.66. The van der Waals surface area contributed by atoms with Gasteiger partial charge in [-0.2, -0.15) is 0 Å². The summed E-state index contributed by atoms with van der Waals surface area (Å²) in [6.07, 6.45) is 0. The van der Waals surface area contributed by atoms with Crippen LogP contribution in [0.25, 0.3) is 11.1 Å². The average Bonchev–Trinajstić information content (AvgIpc) is 2.87. The number of ether oxygens (including phenoxy) is 1. The Balaban J connectivity index is 1.72. The van der Waals surface area contributed by atoms with Crippen LogP contribution >= 0.6 is 11.8 Å². The molecule has 3 rings (SSSR count). The van der Waals surface area contributed by atoms with Crippen LogP contribution < -0.4 is 10.5 Å². The molecule has 0 aliphatic carbocycles. The number of rotatable bonds is 4. The molecule has 20 heavy (non-hydrogen) atoms. The third-order valence-corrected chi connectivity index (χ3v) is 3.81. The highest BCUT2D eigenvalue weighted by Gasteiger charge is 2.07. The smallest absolute Gasteiger partial charge is 0.257 e. The van der Waals surface area contributed by atoms with E-state index in [1.807, 2.05) is 42.5 Å². The normalized spacial score (nSPS) is 10.8. The van der Waals surface area contributed by atoms with Crippen molar-refractivity contribution < 1.29 is 9.15 Å². The molecule has 0 atom stereocenters. The van der Waals surface area contributed by atoms with E-state index in [1.54, 1.807) is 18.9 Å². The van der Waals surface area contributed by atoms with Crippen LogP contribution in [0.15, 0.2) is 52.1 Å². The first-order chi connectivity index (χ1) is 9.74. The van der Waals surface area contributed by atoms with Gasteiger partial charge in [0.05, 0.1) is 7.11 Å². The van der Waals surface area contributed by atoms with E-state index in [0.717, 1.165) is 22.6 Å². The van der Waals surface area contributed by atoms with E-state index in [-0.39, 0.29) is 0 Å². The second kappa shape index (κ2) is 5.46. The number of fused-ring (bicyclic) bond motifs is 1. The molecule has 0 fully saturated rings. The van der Waals surface area contributed by atoms with Crippen molar-refractivity contribution in [2.75, 3.05) is 12.8 Å². The summed E-state index contributed by atoms with van der Waals surface area (Å²) >= 11 is 1.56. The van der Waals surface area contributed by atoms with Gasteiger partial charge in [0.25, 0.3) is 5.22 Å². The highest BCUT2D eigenvalue weighted by atomic mass is 32.2. The number of aromatic nitrogens is 1. The summed E-state index contributed by atoms with van der Waals surface area (Å²) in [5.74, 6) is 1.66. The molecule has 0 spiro atoms. The molecule has 1 aromatic heterocycles. The third-order valence-electron chi connectivity index (χ3n) is 2.91. The van der Waals surface area contributed by atoms with Gasteiger partial charge in [0.2, 0.25) is 0 Å². The Morgan fingerprint density at radius 1 is 1.20 bits per heavy atom. The van der Waals surface area contributed by atoms with Crippen LogP contribution in [0.4, 0.5) is 5.69 Å². The number of oxazole rings is 1. The molecular weight excluding hydrogens is 272 g/mol. The first-order valence-corrected chi connectivity index (χ1v) is 7.15. The van der Waals surface area contributed by atoms with E-state index in [4.69, 9.17) is 14.9 Å². The molecule has 0 aliphatic heterocycles. The maximum absolute atomic E-state index is 5.73. The second-order valence-corrected chi connectivity index (χ2v) is 5.27. The molecule has 102 valence electrons. The fourth-order valence-corrected chi connectivity index (χ4v) is 2.65. The SMILES string of the molecule is COc1ccc(CSc2nc3cc(N)ccc3o2)cc1. The van der Waals surface area contributed by atoms with Crippen LogP contribution in [0, 0.1) is 0 Å². The predicted octanol–water partition coefficient (Wildman–Crippen LogP) is 3.71. The van der Waals surface area contributed by atoms with Gasteiger partial charge in [-0.05, 0) is 35.9 Å². The maximum Gasteiger partial charge on any atom is 0.257 e.